The second-order valence-corrected chi connectivity index (χ2v) is 17.9. The van der Waals surface area contributed by atoms with Crippen LogP contribution in [0.4, 0.5) is 0 Å². The van der Waals surface area contributed by atoms with Crippen molar-refractivity contribution in [1.82, 2.24) is 5.32 Å². The third kappa shape index (κ3) is 37.6. The summed E-state index contributed by atoms with van der Waals surface area (Å²) >= 11 is 0. The molecule has 0 spiro atoms. The molecule has 8 nitrogen and oxygen atoms in total. The Labute approximate surface area is 322 Å². The summed E-state index contributed by atoms with van der Waals surface area (Å²) in [6.07, 6.45) is 39.8. The molecule has 310 valence electrons. The fourth-order valence-electron chi connectivity index (χ4n) is 6.45. The maximum absolute atomic E-state index is 12.8. The van der Waals surface area contributed by atoms with E-state index >= 15 is 0 Å². The van der Waals surface area contributed by atoms with Crippen LogP contribution in [0.1, 0.15) is 206 Å². The zero-order chi connectivity index (χ0) is 38.6. The number of aliphatic hydroxyl groups is 1. The molecular weight excluding hydrogens is 671 g/mol. The Hall–Kier alpha value is -0.760. The lowest BCUT2D eigenvalue weighted by Gasteiger charge is -2.25. The average molecular weight is 760 g/mol. The molecule has 1 amide bonds. The molecule has 52 heavy (non-hydrogen) atoms. The van der Waals surface area contributed by atoms with Crippen molar-refractivity contribution in [1.29, 1.82) is 0 Å². The summed E-state index contributed by atoms with van der Waals surface area (Å²) in [4.78, 5) is 23.1. The third-order valence-corrected chi connectivity index (χ3v) is 11.0. The first-order chi connectivity index (χ1) is 25.0. The number of phosphoric acid groups is 1. The Morgan fingerprint density at radius 2 is 1.02 bits per heavy atom. The van der Waals surface area contributed by atoms with Gasteiger partial charge in [0.2, 0.25) is 5.91 Å². The minimum absolute atomic E-state index is 0.0646. The molecule has 0 fully saturated rings. The number of hydrogen-bond donors (Lipinski definition) is 3. The number of hydrogen-bond acceptors (Lipinski definition) is 5. The fourth-order valence-corrected chi connectivity index (χ4v) is 7.19. The molecule has 0 aliphatic carbocycles. The van der Waals surface area contributed by atoms with Gasteiger partial charge >= 0.3 is 7.82 Å². The van der Waals surface area contributed by atoms with Gasteiger partial charge in [-0.2, -0.15) is 0 Å². The quantitative estimate of drug-likeness (QED) is 0.0249. The van der Waals surface area contributed by atoms with Gasteiger partial charge in [-0.25, -0.2) is 4.57 Å². The molecule has 0 radical (unpaired) electrons. The van der Waals surface area contributed by atoms with Gasteiger partial charge in [0, 0.05) is 6.42 Å². The predicted molar refractivity (Wildman–Crippen MR) is 222 cm³/mol. The van der Waals surface area contributed by atoms with Crippen molar-refractivity contribution in [2.75, 3.05) is 40.9 Å². The van der Waals surface area contributed by atoms with Crippen molar-refractivity contribution in [3.63, 3.8) is 0 Å². The molecule has 3 atom stereocenters. The predicted octanol–water partition coefficient (Wildman–Crippen LogP) is 12.0. The van der Waals surface area contributed by atoms with Gasteiger partial charge in [0.25, 0.3) is 0 Å². The summed E-state index contributed by atoms with van der Waals surface area (Å²) in [6, 6.07) is -0.839. The van der Waals surface area contributed by atoms with Crippen molar-refractivity contribution < 1.29 is 32.9 Å². The highest BCUT2D eigenvalue weighted by molar-refractivity contribution is 7.47. The van der Waals surface area contributed by atoms with E-state index in [9.17, 15) is 19.4 Å². The number of phosphoric ester groups is 1. The van der Waals surface area contributed by atoms with E-state index in [4.69, 9.17) is 9.05 Å². The van der Waals surface area contributed by atoms with Crippen molar-refractivity contribution in [3.05, 3.63) is 12.2 Å². The highest BCUT2D eigenvalue weighted by Crippen LogP contribution is 2.43. The highest BCUT2D eigenvalue weighted by atomic mass is 31.2. The molecule has 1 unspecified atom stereocenters. The summed E-state index contributed by atoms with van der Waals surface area (Å²) in [7, 11) is 1.58. The van der Waals surface area contributed by atoms with Crippen LogP contribution < -0.4 is 5.32 Å². The van der Waals surface area contributed by atoms with Gasteiger partial charge in [0.1, 0.15) is 13.2 Å². The number of nitrogens with one attached hydrogen (secondary N) is 1. The standard InChI is InChI=1S/C43H87N2O6P/c1-6-8-10-12-14-16-18-20-22-23-24-26-28-30-32-34-36-42(46)41(40-51-52(48,49)50-39-38-45(3,4)5)44-43(47)37-35-33-31-29-27-25-21-19-17-15-13-11-9-7-2/h34,36,41-42,46H,6-33,35,37-40H2,1-5H3,(H-,44,47,48,49)/p+1/b36-34+/t41-,42+/m0/s1. The van der Waals surface area contributed by atoms with E-state index in [-0.39, 0.29) is 19.1 Å². The number of aliphatic hydroxyl groups excluding tert-OH is 1. The van der Waals surface area contributed by atoms with Crippen molar-refractivity contribution in [2.45, 2.75) is 219 Å². The van der Waals surface area contributed by atoms with Crippen LogP contribution in [-0.2, 0) is 18.4 Å². The van der Waals surface area contributed by atoms with E-state index in [0.29, 0.717) is 17.4 Å². The van der Waals surface area contributed by atoms with Crippen molar-refractivity contribution in [3.8, 4) is 0 Å². The number of nitrogens with zero attached hydrogens (tertiary/aromatic N) is 1. The van der Waals surface area contributed by atoms with E-state index < -0.39 is 20.0 Å². The first kappa shape index (κ1) is 51.2. The molecule has 9 heteroatoms. The second kappa shape index (κ2) is 35.9. The van der Waals surface area contributed by atoms with E-state index in [1.54, 1.807) is 6.08 Å². The van der Waals surface area contributed by atoms with E-state index in [1.165, 1.54) is 154 Å². The largest absolute Gasteiger partial charge is 0.472 e. The number of amides is 1. The van der Waals surface area contributed by atoms with Crippen LogP contribution in [0.15, 0.2) is 12.2 Å². The molecule has 0 aliphatic heterocycles. The van der Waals surface area contributed by atoms with Gasteiger partial charge in [-0.3, -0.25) is 13.8 Å². The van der Waals surface area contributed by atoms with Gasteiger partial charge in [0.05, 0.1) is 39.9 Å². The fraction of sp³-hybridized carbons (Fsp3) is 0.930. The monoisotopic (exact) mass is 760 g/mol. The smallest absolute Gasteiger partial charge is 0.387 e. The minimum Gasteiger partial charge on any atom is -0.387 e. The Balaban J connectivity index is 4.42. The normalized spacial score (nSPS) is 14.5. The lowest BCUT2D eigenvalue weighted by molar-refractivity contribution is -0.870. The summed E-state index contributed by atoms with van der Waals surface area (Å²) in [6.45, 7) is 4.82. The SMILES string of the molecule is CCCCCCCCCCCCCCCC/C=C/[C@@H](O)[C@H](COP(=O)(O)OCC[N+](C)(C)C)NC(=O)CCCCCCCCCCCCCCCC. The molecular formula is C43H88N2O6P+. The molecule has 0 saturated heterocycles. The first-order valence-corrected chi connectivity index (χ1v) is 23.6. The molecule has 3 N–H and O–H groups in total. The average Bonchev–Trinajstić information content (AvgIpc) is 3.09. The Kier molecular flexibility index (Phi) is 35.4. The van der Waals surface area contributed by atoms with Crippen LogP contribution in [0.25, 0.3) is 0 Å². The number of allylic oxidation sites excluding steroid dienone is 1. The van der Waals surface area contributed by atoms with Crippen LogP contribution in [0.3, 0.4) is 0 Å². The van der Waals surface area contributed by atoms with Gasteiger partial charge in [-0.05, 0) is 19.3 Å². The lowest BCUT2D eigenvalue weighted by Crippen LogP contribution is -2.45. The van der Waals surface area contributed by atoms with Crippen molar-refractivity contribution in [2.24, 2.45) is 0 Å². The summed E-state index contributed by atoms with van der Waals surface area (Å²) < 4.78 is 23.5. The van der Waals surface area contributed by atoms with E-state index in [0.717, 1.165) is 32.1 Å². The topological polar surface area (TPSA) is 105 Å². The molecule has 0 rings (SSSR count). The Bertz CT molecular complexity index is 865. The van der Waals surface area contributed by atoms with Crippen LogP contribution in [0.5, 0.6) is 0 Å². The lowest BCUT2D eigenvalue weighted by atomic mass is 10.0. The summed E-state index contributed by atoms with van der Waals surface area (Å²) in [5.41, 5.74) is 0. The maximum atomic E-state index is 12.8. The zero-order valence-electron chi connectivity index (χ0n) is 35.1. The number of unbranched alkanes of at least 4 members (excludes halogenated alkanes) is 27. The second-order valence-electron chi connectivity index (χ2n) is 16.4. The maximum Gasteiger partial charge on any atom is 0.472 e. The van der Waals surface area contributed by atoms with Crippen molar-refractivity contribution >= 4 is 13.7 Å². The number of carbonyl (C=O) groups excluding carboxylic acids is 1. The third-order valence-electron chi connectivity index (χ3n) is 10.0. The first-order valence-electron chi connectivity index (χ1n) is 22.1. The summed E-state index contributed by atoms with van der Waals surface area (Å²) in [5, 5.41) is 13.8. The van der Waals surface area contributed by atoms with Gasteiger partial charge in [0.15, 0.2) is 0 Å². The summed E-state index contributed by atoms with van der Waals surface area (Å²) in [5.74, 6) is -0.175. The van der Waals surface area contributed by atoms with Crippen LogP contribution in [0.2, 0.25) is 0 Å². The molecule has 0 aliphatic rings. The number of likely N-dealkylation sites (N-methyl/N-ethyl adjacent to an activating group) is 1. The van der Waals surface area contributed by atoms with Crippen LogP contribution in [-0.4, -0.2) is 73.4 Å². The zero-order valence-corrected chi connectivity index (χ0v) is 36.0. The number of rotatable bonds is 40. The minimum atomic E-state index is -4.33. The van der Waals surface area contributed by atoms with Gasteiger partial charge in [-0.15, -0.1) is 0 Å². The molecule has 0 heterocycles. The molecule has 0 aromatic heterocycles. The van der Waals surface area contributed by atoms with E-state index in [2.05, 4.69) is 19.2 Å². The molecule has 0 saturated carbocycles. The number of carbonyl (C=O) groups is 1. The molecule has 0 aromatic rings. The van der Waals surface area contributed by atoms with E-state index in [1.807, 2.05) is 27.2 Å². The molecule has 0 aromatic carbocycles. The van der Waals surface area contributed by atoms with Gasteiger partial charge in [-0.1, -0.05) is 193 Å². The molecule has 0 bridgehead atoms. The number of quaternary nitrogens is 1. The van der Waals surface area contributed by atoms with Crippen LogP contribution in [0, 0.1) is 0 Å². The highest BCUT2D eigenvalue weighted by Gasteiger charge is 2.27. The Morgan fingerprint density at radius 3 is 1.42 bits per heavy atom. The van der Waals surface area contributed by atoms with Crippen LogP contribution >= 0.6 is 7.82 Å². The van der Waals surface area contributed by atoms with Gasteiger partial charge < -0.3 is 19.8 Å². The Morgan fingerprint density at radius 1 is 0.635 bits per heavy atom.